The summed E-state index contributed by atoms with van der Waals surface area (Å²) in [6.07, 6.45) is 6.26. The Hall–Kier alpha value is -1.69. The average Bonchev–Trinajstić information content (AvgIpc) is 3.10. The zero-order valence-electron chi connectivity index (χ0n) is 16.2. The average molecular weight is 420 g/mol. The first-order chi connectivity index (χ1) is 13.2. The summed E-state index contributed by atoms with van der Waals surface area (Å²) in [6.45, 7) is 5.46. The van der Waals surface area contributed by atoms with Crippen molar-refractivity contribution >= 4 is 40.8 Å². The minimum Gasteiger partial charge on any atom is -0.368 e. The van der Waals surface area contributed by atoms with Crippen LogP contribution in [0.1, 0.15) is 12.0 Å². The van der Waals surface area contributed by atoms with Crippen LogP contribution in [0.15, 0.2) is 53.6 Å². The molecule has 0 saturated carbocycles. The monoisotopic (exact) mass is 419 g/mol. The molecule has 1 aromatic heterocycles. The Morgan fingerprint density at radius 1 is 1.07 bits per heavy atom. The van der Waals surface area contributed by atoms with Gasteiger partial charge < -0.3 is 9.88 Å². The molecule has 4 rings (SSSR count). The van der Waals surface area contributed by atoms with Crippen LogP contribution in [0.5, 0.6) is 0 Å². The third-order valence-electron chi connectivity index (χ3n) is 5.45. The number of halogens is 2. The molecule has 28 heavy (non-hydrogen) atoms. The Bertz CT molecular complexity index is 906. The van der Waals surface area contributed by atoms with Crippen LogP contribution in [-0.4, -0.2) is 48.9 Å². The zero-order chi connectivity index (χ0) is 18.6. The van der Waals surface area contributed by atoms with Gasteiger partial charge in [0.2, 0.25) is 0 Å². The molecule has 0 aliphatic carbocycles. The molecule has 2 heterocycles. The van der Waals surface area contributed by atoms with E-state index in [0.29, 0.717) is 0 Å². The van der Waals surface area contributed by atoms with Gasteiger partial charge in [-0.25, -0.2) is 4.39 Å². The summed E-state index contributed by atoms with van der Waals surface area (Å²) in [7, 11) is 0. The molecule has 0 atom stereocenters. The van der Waals surface area contributed by atoms with Crippen molar-refractivity contribution in [1.29, 1.82) is 0 Å². The maximum absolute atomic E-state index is 13.5. The number of benzene rings is 2. The number of rotatable bonds is 6. The number of nitrogens with one attached hydrogen (secondary N) is 1. The maximum atomic E-state index is 13.5. The highest BCUT2D eigenvalue weighted by atomic mass is 35.5. The molecule has 1 aliphatic rings. The van der Waals surface area contributed by atoms with Crippen LogP contribution in [-0.2, 0) is 6.42 Å². The second kappa shape index (κ2) is 9.68. The number of H-pyrrole nitrogens is 1. The molecule has 0 unspecified atom stereocenters. The molecule has 3 nitrogen and oxygen atoms in total. The van der Waals surface area contributed by atoms with E-state index in [1.54, 1.807) is 6.07 Å². The van der Waals surface area contributed by atoms with Crippen LogP contribution < -0.4 is 4.90 Å². The fraction of sp³-hybridized carbons (Fsp3) is 0.364. The van der Waals surface area contributed by atoms with E-state index in [2.05, 4.69) is 45.3 Å². The van der Waals surface area contributed by atoms with Gasteiger partial charge >= 0.3 is 0 Å². The predicted octanol–water partition coefficient (Wildman–Crippen LogP) is 5.21. The van der Waals surface area contributed by atoms with Gasteiger partial charge in [-0.1, -0.05) is 12.1 Å². The third kappa shape index (κ3) is 4.65. The van der Waals surface area contributed by atoms with Crippen molar-refractivity contribution in [1.82, 2.24) is 9.88 Å². The first-order valence-electron chi connectivity index (χ1n) is 9.60. The van der Waals surface area contributed by atoms with Crippen molar-refractivity contribution in [2.24, 2.45) is 0 Å². The summed E-state index contributed by atoms with van der Waals surface area (Å²) in [4.78, 5) is 9.66. The zero-order valence-corrected chi connectivity index (χ0v) is 17.8. The highest BCUT2D eigenvalue weighted by Crippen LogP contribution is 2.29. The molecule has 0 bridgehead atoms. The minimum absolute atomic E-state index is 0. The van der Waals surface area contributed by atoms with Crippen LogP contribution in [0.3, 0.4) is 0 Å². The van der Waals surface area contributed by atoms with Crippen LogP contribution in [0, 0.1) is 5.82 Å². The van der Waals surface area contributed by atoms with Crippen LogP contribution >= 0.6 is 24.2 Å². The fourth-order valence-corrected chi connectivity index (χ4v) is 4.57. The largest absolute Gasteiger partial charge is 0.368 e. The molecule has 150 valence electrons. The molecule has 2 aromatic carbocycles. The predicted molar refractivity (Wildman–Crippen MR) is 121 cm³/mol. The van der Waals surface area contributed by atoms with E-state index >= 15 is 0 Å². The number of aromatic amines is 1. The third-order valence-corrected chi connectivity index (χ3v) is 6.23. The Labute approximate surface area is 176 Å². The van der Waals surface area contributed by atoms with E-state index in [0.717, 1.165) is 56.5 Å². The van der Waals surface area contributed by atoms with Gasteiger partial charge in [0, 0.05) is 48.2 Å². The summed E-state index contributed by atoms with van der Waals surface area (Å²) >= 11 is 1.82. The summed E-state index contributed by atoms with van der Waals surface area (Å²) in [5.41, 5.74) is 3.61. The first kappa shape index (κ1) is 21.0. The van der Waals surface area contributed by atoms with Gasteiger partial charge in [0.15, 0.2) is 0 Å². The number of fused-ring (bicyclic) bond motifs is 1. The Morgan fingerprint density at radius 3 is 2.64 bits per heavy atom. The van der Waals surface area contributed by atoms with Gasteiger partial charge in [-0.15, -0.1) is 24.2 Å². The van der Waals surface area contributed by atoms with Gasteiger partial charge in [-0.3, -0.25) is 4.90 Å². The molecular weight excluding hydrogens is 393 g/mol. The first-order valence-corrected chi connectivity index (χ1v) is 10.8. The van der Waals surface area contributed by atoms with Crippen molar-refractivity contribution in [3.05, 3.63) is 60.0 Å². The van der Waals surface area contributed by atoms with E-state index < -0.39 is 0 Å². The lowest BCUT2D eigenvalue weighted by atomic mass is 10.1. The van der Waals surface area contributed by atoms with Crippen molar-refractivity contribution in [3.8, 4) is 0 Å². The van der Waals surface area contributed by atoms with Crippen LogP contribution in [0.2, 0.25) is 0 Å². The standard InChI is InChI=1S/C22H26FN3S.ClH/c1-27-22-7-3-2-6-21(22)26-13-11-25(12-14-26)10-4-5-17-16-24-20-9-8-18(23)15-19(17)20;/h2-3,6-9,15-16,24H,4-5,10-14H2,1H3;1H. The molecule has 3 aromatic rings. The van der Waals surface area contributed by atoms with E-state index in [1.807, 2.05) is 24.0 Å². The van der Waals surface area contributed by atoms with Gasteiger partial charge in [0.05, 0.1) is 5.69 Å². The van der Waals surface area contributed by atoms with Crippen molar-refractivity contribution in [2.45, 2.75) is 17.7 Å². The number of hydrogen-bond donors (Lipinski definition) is 1. The Morgan fingerprint density at radius 2 is 1.86 bits per heavy atom. The van der Waals surface area contributed by atoms with E-state index in [4.69, 9.17) is 0 Å². The summed E-state index contributed by atoms with van der Waals surface area (Å²) in [5.74, 6) is -0.162. The topological polar surface area (TPSA) is 22.3 Å². The van der Waals surface area contributed by atoms with Crippen LogP contribution in [0.25, 0.3) is 10.9 Å². The second-order valence-corrected chi connectivity index (χ2v) is 7.96. The number of nitrogens with zero attached hydrogens (tertiary/aromatic N) is 2. The highest BCUT2D eigenvalue weighted by molar-refractivity contribution is 7.98. The summed E-state index contributed by atoms with van der Waals surface area (Å²) < 4.78 is 13.5. The van der Waals surface area contributed by atoms with Gasteiger partial charge in [-0.2, -0.15) is 0 Å². The minimum atomic E-state index is -0.162. The Balaban J connectivity index is 0.00000225. The normalized spacial score (nSPS) is 15.0. The van der Waals surface area contributed by atoms with Gasteiger partial charge in [0.25, 0.3) is 0 Å². The molecule has 1 saturated heterocycles. The lowest BCUT2D eigenvalue weighted by Crippen LogP contribution is -2.46. The number of thioether (sulfide) groups is 1. The van der Waals surface area contributed by atoms with Crippen molar-refractivity contribution in [2.75, 3.05) is 43.9 Å². The molecule has 0 radical (unpaired) electrons. The summed E-state index contributed by atoms with van der Waals surface area (Å²) in [6, 6.07) is 13.7. The molecule has 1 fully saturated rings. The number of anilines is 1. The summed E-state index contributed by atoms with van der Waals surface area (Å²) in [5, 5.41) is 1.02. The van der Waals surface area contributed by atoms with E-state index in [9.17, 15) is 4.39 Å². The number of piperazine rings is 1. The number of para-hydroxylation sites is 1. The van der Waals surface area contributed by atoms with Gasteiger partial charge in [-0.05, 0) is 61.5 Å². The van der Waals surface area contributed by atoms with Gasteiger partial charge in [0.1, 0.15) is 5.82 Å². The van der Waals surface area contributed by atoms with E-state index in [-0.39, 0.29) is 18.2 Å². The Kier molecular flexibility index (Phi) is 7.27. The molecule has 0 amide bonds. The molecule has 6 heteroatoms. The molecular formula is C22H27ClFN3S. The highest BCUT2D eigenvalue weighted by Gasteiger charge is 2.18. The molecule has 1 aliphatic heterocycles. The smallest absolute Gasteiger partial charge is 0.123 e. The SMILES string of the molecule is CSc1ccccc1N1CCN(CCCc2c[nH]c3ccc(F)cc23)CC1.Cl. The molecule has 1 N–H and O–H groups in total. The molecule has 0 spiro atoms. The maximum Gasteiger partial charge on any atom is 0.123 e. The second-order valence-electron chi connectivity index (χ2n) is 7.11. The number of aryl methyl sites for hydroxylation is 1. The number of hydrogen-bond acceptors (Lipinski definition) is 3. The fourth-order valence-electron chi connectivity index (χ4n) is 3.95. The quantitative estimate of drug-likeness (QED) is 0.555. The lowest BCUT2D eigenvalue weighted by molar-refractivity contribution is 0.255. The van der Waals surface area contributed by atoms with Crippen molar-refractivity contribution in [3.63, 3.8) is 0 Å². The van der Waals surface area contributed by atoms with Crippen molar-refractivity contribution < 1.29 is 4.39 Å². The lowest BCUT2D eigenvalue weighted by Gasteiger charge is -2.36. The van der Waals surface area contributed by atoms with Crippen LogP contribution in [0.4, 0.5) is 10.1 Å². The van der Waals surface area contributed by atoms with E-state index in [1.165, 1.54) is 22.2 Å². The number of aromatic nitrogens is 1.